The van der Waals surface area contributed by atoms with Gasteiger partial charge in [0.25, 0.3) is 0 Å². The van der Waals surface area contributed by atoms with Crippen molar-refractivity contribution in [3.63, 3.8) is 0 Å². The molecule has 0 saturated heterocycles. The highest BCUT2D eigenvalue weighted by Crippen LogP contribution is 2.22. The molecule has 4 heteroatoms. The second kappa shape index (κ2) is 4.67. The number of hydrogen-bond acceptors (Lipinski definition) is 2. The molecule has 0 bridgehead atoms. The standard InChI is InChI=1S/C13H16FN3/c1-9-7-16-17(8-9)13-5-4-11(14)6-12(13)10(2)15-3/h4-8,10,15H,1-3H3. The van der Waals surface area contributed by atoms with Crippen molar-refractivity contribution in [2.45, 2.75) is 19.9 Å². The maximum Gasteiger partial charge on any atom is 0.123 e. The summed E-state index contributed by atoms with van der Waals surface area (Å²) in [5.41, 5.74) is 2.88. The normalized spacial score (nSPS) is 12.7. The van der Waals surface area contributed by atoms with Gasteiger partial charge in [0.2, 0.25) is 0 Å². The Bertz CT molecular complexity index is 519. The molecule has 1 unspecified atom stereocenters. The van der Waals surface area contributed by atoms with Gasteiger partial charge < -0.3 is 5.32 Å². The quantitative estimate of drug-likeness (QED) is 0.883. The first-order chi connectivity index (χ1) is 8.11. The van der Waals surface area contributed by atoms with Gasteiger partial charge in [0.05, 0.1) is 11.9 Å². The van der Waals surface area contributed by atoms with Crippen molar-refractivity contribution in [2.75, 3.05) is 7.05 Å². The summed E-state index contributed by atoms with van der Waals surface area (Å²) in [5.74, 6) is -0.227. The lowest BCUT2D eigenvalue weighted by Crippen LogP contribution is -2.15. The number of rotatable bonds is 3. The number of nitrogens with zero attached hydrogens (tertiary/aromatic N) is 2. The summed E-state index contributed by atoms with van der Waals surface area (Å²) in [6.45, 7) is 3.98. The summed E-state index contributed by atoms with van der Waals surface area (Å²) < 4.78 is 15.1. The number of hydrogen-bond donors (Lipinski definition) is 1. The summed E-state index contributed by atoms with van der Waals surface area (Å²) in [6.07, 6.45) is 3.72. The third kappa shape index (κ3) is 2.36. The summed E-state index contributed by atoms with van der Waals surface area (Å²) in [7, 11) is 1.85. The number of halogens is 1. The zero-order valence-corrected chi connectivity index (χ0v) is 10.2. The molecule has 0 aliphatic rings. The molecule has 2 rings (SSSR count). The number of nitrogens with one attached hydrogen (secondary N) is 1. The fourth-order valence-electron chi connectivity index (χ4n) is 1.78. The molecule has 2 aromatic rings. The Morgan fingerprint density at radius 2 is 2.18 bits per heavy atom. The van der Waals surface area contributed by atoms with E-state index in [0.717, 1.165) is 16.8 Å². The minimum absolute atomic E-state index is 0.0743. The van der Waals surface area contributed by atoms with Gasteiger partial charge in [-0.15, -0.1) is 0 Å². The van der Waals surface area contributed by atoms with Crippen molar-refractivity contribution in [1.29, 1.82) is 0 Å². The molecule has 1 atom stereocenters. The van der Waals surface area contributed by atoms with E-state index in [0.29, 0.717) is 0 Å². The minimum Gasteiger partial charge on any atom is -0.313 e. The van der Waals surface area contributed by atoms with E-state index < -0.39 is 0 Å². The van der Waals surface area contributed by atoms with Gasteiger partial charge in [0, 0.05) is 12.2 Å². The monoisotopic (exact) mass is 233 g/mol. The first-order valence-corrected chi connectivity index (χ1v) is 5.60. The number of aromatic nitrogens is 2. The molecule has 0 amide bonds. The van der Waals surface area contributed by atoms with Crippen LogP contribution in [0.3, 0.4) is 0 Å². The molecule has 1 aromatic carbocycles. The van der Waals surface area contributed by atoms with Crippen molar-refractivity contribution in [3.05, 3.63) is 47.5 Å². The second-order valence-corrected chi connectivity index (χ2v) is 4.18. The van der Waals surface area contributed by atoms with Crippen LogP contribution >= 0.6 is 0 Å². The molecular formula is C13H16FN3. The van der Waals surface area contributed by atoms with Crippen LogP contribution in [-0.2, 0) is 0 Å². The van der Waals surface area contributed by atoms with Crippen LogP contribution in [0.2, 0.25) is 0 Å². The van der Waals surface area contributed by atoms with E-state index in [1.54, 1.807) is 23.0 Å². The van der Waals surface area contributed by atoms with Gasteiger partial charge in [0.1, 0.15) is 5.82 Å². The smallest absolute Gasteiger partial charge is 0.123 e. The van der Waals surface area contributed by atoms with Gasteiger partial charge in [-0.05, 0) is 50.2 Å². The van der Waals surface area contributed by atoms with E-state index in [9.17, 15) is 4.39 Å². The average Bonchev–Trinajstić information content (AvgIpc) is 2.74. The van der Waals surface area contributed by atoms with Crippen molar-refractivity contribution in [1.82, 2.24) is 15.1 Å². The molecule has 0 aliphatic carbocycles. The Labute approximate surface area is 100 Å². The first-order valence-electron chi connectivity index (χ1n) is 5.60. The third-order valence-electron chi connectivity index (χ3n) is 2.85. The van der Waals surface area contributed by atoms with E-state index in [-0.39, 0.29) is 11.9 Å². The van der Waals surface area contributed by atoms with Crippen molar-refractivity contribution < 1.29 is 4.39 Å². The van der Waals surface area contributed by atoms with Gasteiger partial charge in [-0.3, -0.25) is 0 Å². The molecular weight excluding hydrogens is 217 g/mol. The van der Waals surface area contributed by atoms with Crippen LogP contribution in [-0.4, -0.2) is 16.8 Å². The summed E-state index contributed by atoms with van der Waals surface area (Å²) in [5, 5.41) is 7.38. The van der Waals surface area contributed by atoms with Crippen molar-refractivity contribution in [2.24, 2.45) is 0 Å². The van der Waals surface area contributed by atoms with E-state index in [2.05, 4.69) is 10.4 Å². The highest BCUT2D eigenvalue weighted by atomic mass is 19.1. The molecule has 0 spiro atoms. The number of aryl methyl sites for hydroxylation is 1. The Kier molecular flexibility index (Phi) is 3.24. The zero-order chi connectivity index (χ0) is 12.4. The largest absolute Gasteiger partial charge is 0.313 e. The lowest BCUT2D eigenvalue weighted by molar-refractivity contribution is 0.604. The molecule has 0 fully saturated rings. The SMILES string of the molecule is CNC(C)c1cc(F)ccc1-n1cc(C)cn1. The molecule has 1 N–H and O–H groups in total. The number of benzene rings is 1. The maximum atomic E-state index is 13.3. The molecule has 0 aliphatic heterocycles. The van der Waals surface area contributed by atoms with Crippen LogP contribution in [0.15, 0.2) is 30.6 Å². The summed E-state index contributed by atoms with van der Waals surface area (Å²) in [6, 6.07) is 4.83. The highest BCUT2D eigenvalue weighted by molar-refractivity contribution is 5.42. The lowest BCUT2D eigenvalue weighted by atomic mass is 10.1. The fraction of sp³-hybridized carbons (Fsp3) is 0.308. The zero-order valence-electron chi connectivity index (χ0n) is 10.2. The van der Waals surface area contributed by atoms with Crippen LogP contribution in [0.4, 0.5) is 4.39 Å². The Morgan fingerprint density at radius 1 is 1.41 bits per heavy atom. The Hall–Kier alpha value is -1.68. The van der Waals surface area contributed by atoms with Crippen LogP contribution in [0.5, 0.6) is 0 Å². The van der Waals surface area contributed by atoms with Crippen LogP contribution < -0.4 is 5.32 Å². The predicted molar refractivity (Wildman–Crippen MR) is 65.7 cm³/mol. The van der Waals surface area contributed by atoms with E-state index in [4.69, 9.17) is 0 Å². The maximum absolute atomic E-state index is 13.3. The van der Waals surface area contributed by atoms with Gasteiger partial charge in [-0.25, -0.2) is 9.07 Å². The lowest BCUT2D eigenvalue weighted by Gasteiger charge is -2.15. The molecule has 0 radical (unpaired) electrons. The summed E-state index contributed by atoms with van der Waals surface area (Å²) >= 11 is 0. The van der Waals surface area contributed by atoms with Crippen LogP contribution in [0.25, 0.3) is 5.69 Å². The highest BCUT2D eigenvalue weighted by Gasteiger charge is 2.12. The van der Waals surface area contributed by atoms with Gasteiger partial charge >= 0.3 is 0 Å². The molecule has 17 heavy (non-hydrogen) atoms. The Balaban J connectivity index is 2.53. The summed E-state index contributed by atoms with van der Waals surface area (Å²) in [4.78, 5) is 0. The van der Waals surface area contributed by atoms with Crippen LogP contribution in [0.1, 0.15) is 24.1 Å². The molecule has 3 nitrogen and oxygen atoms in total. The van der Waals surface area contributed by atoms with Crippen LogP contribution in [0, 0.1) is 12.7 Å². The fourth-order valence-corrected chi connectivity index (χ4v) is 1.78. The minimum atomic E-state index is -0.227. The van der Waals surface area contributed by atoms with E-state index in [1.807, 2.05) is 27.1 Å². The molecule has 0 saturated carbocycles. The first kappa shape index (κ1) is 11.8. The Morgan fingerprint density at radius 3 is 2.76 bits per heavy atom. The van der Waals surface area contributed by atoms with Gasteiger partial charge in [-0.1, -0.05) is 0 Å². The molecule has 1 aromatic heterocycles. The molecule has 1 heterocycles. The topological polar surface area (TPSA) is 29.9 Å². The van der Waals surface area contributed by atoms with Gasteiger partial charge in [0.15, 0.2) is 0 Å². The average molecular weight is 233 g/mol. The van der Waals surface area contributed by atoms with E-state index >= 15 is 0 Å². The second-order valence-electron chi connectivity index (χ2n) is 4.18. The predicted octanol–water partition coefficient (Wildman–Crippen LogP) is 2.60. The van der Waals surface area contributed by atoms with Crippen molar-refractivity contribution >= 4 is 0 Å². The van der Waals surface area contributed by atoms with Crippen molar-refractivity contribution in [3.8, 4) is 5.69 Å². The van der Waals surface area contributed by atoms with E-state index in [1.165, 1.54) is 6.07 Å². The molecule has 90 valence electrons. The van der Waals surface area contributed by atoms with Gasteiger partial charge in [-0.2, -0.15) is 5.10 Å². The third-order valence-corrected chi connectivity index (χ3v) is 2.85.